The Morgan fingerprint density at radius 2 is 2.06 bits per heavy atom. The molecule has 0 aromatic carbocycles. The molecule has 100 valence electrons. The van der Waals surface area contributed by atoms with E-state index in [0.717, 1.165) is 25.2 Å². The van der Waals surface area contributed by atoms with E-state index in [0.29, 0.717) is 12.3 Å². The molecule has 0 aliphatic heterocycles. The van der Waals surface area contributed by atoms with Gasteiger partial charge >= 0.3 is 5.97 Å². The highest BCUT2D eigenvalue weighted by Gasteiger charge is 2.39. The van der Waals surface area contributed by atoms with Crippen LogP contribution in [0, 0.1) is 6.92 Å². The van der Waals surface area contributed by atoms with Crippen LogP contribution in [0.3, 0.4) is 0 Å². The summed E-state index contributed by atoms with van der Waals surface area (Å²) in [7, 11) is 0. The quantitative estimate of drug-likeness (QED) is 0.770. The molecule has 2 rings (SSSR count). The molecule has 0 N–H and O–H groups in total. The number of ether oxygens (including phenoxy) is 1. The maximum absolute atomic E-state index is 11.7. The Bertz CT molecular complexity index is 430. The van der Waals surface area contributed by atoms with Crippen LogP contribution in [0.5, 0.6) is 0 Å². The van der Waals surface area contributed by atoms with Crippen molar-refractivity contribution in [3.05, 3.63) is 17.3 Å². The number of oxazole rings is 1. The third kappa shape index (κ3) is 2.16. The largest absolute Gasteiger partial charge is 0.460 e. The molecule has 1 aliphatic carbocycles. The lowest BCUT2D eigenvalue weighted by molar-refractivity contribution is 0.0484. The highest BCUT2D eigenvalue weighted by atomic mass is 16.5. The normalized spacial score (nSPS) is 17.9. The SMILES string of the molecule is CCOC(=O)c1oc(C2(CC)CCCC2)nc1C. The van der Waals surface area contributed by atoms with Crippen LogP contribution in [0.1, 0.15) is 68.1 Å². The monoisotopic (exact) mass is 251 g/mol. The average Bonchev–Trinajstić information content (AvgIpc) is 2.96. The van der Waals surface area contributed by atoms with Crippen molar-refractivity contribution in [2.24, 2.45) is 0 Å². The zero-order chi connectivity index (χ0) is 13.2. The Morgan fingerprint density at radius 1 is 1.39 bits per heavy atom. The average molecular weight is 251 g/mol. The molecule has 0 unspecified atom stereocenters. The maximum Gasteiger partial charge on any atom is 0.376 e. The van der Waals surface area contributed by atoms with Gasteiger partial charge in [-0.25, -0.2) is 9.78 Å². The minimum Gasteiger partial charge on any atom is -0.460 e. The molecule has 0 saturated heterocycles. The smallest absolute Gasteiger partial charge is 0.376 e. The van der Waals surface area contributed by atoms with E-state index in [4.69, 9.17) is 9.15 Å². The maximum atomic E-state index is 11.7. The van der Waals surface area contributed by atoms with Crippen molar-refractivity contribution in [2.45, 2.75) is 58.3 Å². The van der Waals surface area contributed by atoms with Gasteiger partial charge in [0.15, 0.2) is 0 Å². The van der Waals surface area contributed by atoms with E-state index in [-0.39, 0.29) is 11.2 Å². The number of carbonyl (C=O) groups excluding carboxylic acids is 1. The molecule has 1 aliphatic rings. The van der Waals surface area contributed by atoms with Crippen molar-refractivity contribution in [3.63, 3.8) is 0 Å². The first kappa shape index (κ1) is 13.1. The molecule has 18 heavy (non-hydrogen) atoms. The third-order valence-electron chi connectivity index (χ3n) is 3.95. The molecule has 4 heteroatoms. The first-order chi connectivity index (χ1) is 8.63. The molecule has 1 aromatic heterocycles. The van der Waals surface area contributed by atoms with Gasteiger partial charge in [0.1, 0.15) is 0 Å². The summed E-state index contributed by atoms with van der Waals surface area (Å²) in [6.45, 7) is 6.11. The number of nitrogens with zero attached hydrogens (tertiary/aromatic N) is 1. The van der Waals surface area contributed by atoms with E-state index in [1.54, 1.807) is 13.8 Å². The molecule has 0 radical (unpaired) electrons. The lowest BCUT2D eigenvalue weighted by atomic mass is 9.83. The second-order valence-electron chi connectivity index (χ2n) is 5.00. The molecule has 1 heterocycles. The number of rotatable bonds is 4. The van der Waals surface area contributed by atoms with Crippen molar-refractivity contribution >= 4 is 5.97 Å². The molecular weight excluding hydrogens is 230 g/mol. The summed E-state index contributed by atoms with van der Waals surface area (Å²) in [4.78, 5) is 16.2. The van der Waals surface area contributed by atoms with Crippen molar-refractivity contribution < 1.29 is 13.9 Å². The lowest BCUT2D eigenvalue weighted by Gasteiger charge is -2.22. The lowest BCUT2D eigenvalue weighted by Crippen LogP contribution is -2.21. The van der Waals surface area contributed by atoms with Crippen molar-refractivity contribution in [2.75, 3.05) is 6.61 Å². The predicted octanol–water partition coefficient (Wildman–Crippen LogP) is 3.38. The molecule has 1 fully saturated rings. The molecule has 0 atom stereocenters. The van der Waals surface area contributed by atoms with E-state index in [1.165, 1.54) is 12.8 Å². The second kappa shape index (κ2) is 5.12. The number of esters is 1. The fourth-order valence-electron chi connectivity index (χ4n) is 2.78. The Kier molecular flexibility index (Phi) is 3.73. The van der Waals surface area contributed by atoms with Gasteiger partial charge in [-0.1, -0.05) is 19.8 Å². The van der Waals surface area contributed by atoms with Gasteiger partial charge < -0.3 is 9.15 Å². The summed E-state index contributed by atoms with van der Waals surface area (Å²) in [5, 5.41) is 0. The highest BCUT2D eigenvalue weighted by Crippen LogP contribution is 2.43. The van der Waals surface area contributed by atoms with Crippen molar-refractivity contribution in [1.82, 2.24) is 4.98 Å². The minimum atomic E-state index is -0.405. The van der Waals surface area contributed by atoms with E-state index in [2.05, 4.69) is 11.9 Å². The van der Waals surface area contributed by atoms with E-state index in [1.807, 2.05) is 0 Å². The number of hydrogen-bond acceptors (Lipinski definition) is 4. The van der Waals surface area contributed by atoms with Crippen LogP contribution in [0.2, 0.25) is 0 Å². The number of carbonyl (C=O) groups is 1. The summed E-state index contributed by atoms with van der Waals surface area (Å²) in [6.07, 6.45) is 5.64. The van der Waals surface area contributed by atoms with E-state index < -0.39 is 5.97 Å². The molecule has 1 saturated carbocycles. The third-order valence-corrected chi connectivity index (χ3v) is 3.95. The fraction of sp³-hybridized carbons (Fsp3) is 0.714. The van der Waals surface area contributed by atoms with Gasteiger partial charge in [0.2, 0.25) is 11.7 Å². The minimum absolute atomic E-state index is 0.0372. The Hall–Kier alpha value is -1.32. The zero-order valence-corrected chi connectivity index (χ0v) is 11.4. The van der Waals surface area contributed by atoms with Gasteiger partial charge in [-0.3, -0.25) is 0 Å². The van der Waals surface area contributed by atoms with Gasteiger partial charge in [-0.15, -0.1) is 0 Å². The van der Waals surface area contributed by atoms with Gasteiger partial charge in [0.25, 0.3) is 0 Å². The molecule has 4 nitrogen and oxygen atoms in total. The molecule has 0 amide bonds. The van der Waals surface area contributed by atoms with Crippen LogP contribution in [0.25, 0.3) is 0 Å². The standard InChI is InChI=1S/C14H21NO3/c1-4-14(8-6-7-9-14)13-15-10(3)11(18-13)12(16)17-5-2/h4-9H2,1-3H3. The van der Waals surface area contributed by atoms with Crippen LogP contribution < -0.4 is 0 Å². The number of aromatic nitrogens is 1. The van der Waals surface area contributed by atoms with Crippen LogP contribution in [-0.2, 0) is 10.2 Å². The Labute approximate surface area is 108 Å². The summed E-state index contributed by atoms with van der Waals surface area (Å²) < 4.78 is 10.7. The topological polar surface area (TPSA) is 52.3 Å². The molecular formula is C14H21NO3. The van der Waals surface area contributed by atoms with E-state index >= 15 is 0 Å². The van der Waals surface area contributed by atoms with Crippen molar-refractivity contribution in [1.29, 1.82) is 0 Å². The fourth-order valence-corrected chi connectivity index (χ4v) is 2.78. The van der Waals surface area contributed by atoms with Gasteiger partial charge in [0, 0.05) is 5.41 Å². The summed E-state index contributed by atoms with van der Waals surface area (Å²) >= 11 is 0. The first-order valence-corrected chi connectivity index (χ1v) is 6.78. The predicted molar refractivity (Wildman–Crippen MR) is 67.6 cm³/mol. The van der Waals surface area contributed by atoms with E-state index in [9.17, 15) is 4.79 Å². The Morgan fingerprint density at radius 3 is 2.61 bits per heavy atom. The zero-order valence-electron chi connectivity index (χ0n) is 11.4. The first-order valence-electron chi connectivity index (χ1n) is 6.78. The number of aryl methyl sites for hydroxylation is 1. The Balaban J connectivity index is 2.30. The van der Waals surface area contributed by atoms with Gasteiger partial charge in [-0.05, 0) is 33.1 Å². The summed E-state index contributed by atoms with van der Waals surface area (Å²) in [5.41, 5.74) is 0.679. The van der Waals surface area contributed by atoms with Crippen LogP contribution in [0.4, 0.5) is 0 Å². The van der Waals surface area contributed by atoms with Crippen LogP contribution >= 0.6 is 0 Å². The van der Waals surface area contributed by atoms with Gasteiger partial charge in [-0.2, -0.15) is 0 Å². The van der Waals surface area contributed by atoms with Crippen LogP contribution in [0.15, 0.2) is 4.42 Å². The van der Waals surface area contributed by atoms with Crippen LogP contribution in [-0.4, -0.2) is 17.6 Å². The second-order valence-corrected chi connectivity index (χ2v) is 5.00. The molecule has 0 spiro atoms. The molecule has 1 aromatic rings. The summed E-state index contributed by atoms with van der Waals surface area (Å²) in [5.74, 6) is 0.590. The van der Waals surface area contributed by atoms with Crippen molar-refractivity contribution in [3.8, 4) is 0 Å². The van der Waals surface area contributed by atoms with Gasteiger partial charge in [0.05, 0.1) is 12.3 Å². The molecule has 0 bridgehead atoms. The summed E-state index contributed by atoms with van der Waals surface area (Å²) in [6, 6.07) is 0. The number of hydrogen-bond donors (Lipinski definition) is 0. The highest BCUT2D eigenvalue weighted by molar-refractivity contribution is 5.87.